The highest BCUT2D eigenvalue weighted by Crippen LogP contribution is 2.36. The SMILES string of the molecule is CCc1cc(NC(=O)c2ncc(-c3cn(CC#N)nc3C(F)(F)F)n2C)ccc1C(=O)N1CCN(C(=O)NCC2(O)CNC2)CC1.O=CO. The lowest BCUT2D eigenvalue weighted by atomic mass is 9.97. The number of anilines is 1. The Labute approximate surface area is 278 Å². The van der Waals surface area contributed by atoms with Crippen LogP contribution in [-0.2, 0) is 31.0 Å². The van der Waals surface area contributed by atoms with E-state index in [1.807, 2.05) is 6.92 Å². The number of nitrogens with one attached hydrogen (secondary N) is 3. The van der Waals surface area contributed by atoms with E-state index in [0.717, 1.165) is 17.1 Å². The average molecular weight is 689 g/mol. The number of alkyl halides is 3. The number of imidazole rings is 1. The van der Waals surface area contributed by atoms with Crippen molar-refractivity contribution in [3.8, 4) is 17.3 Å². The van der Waals surface area contributed by atoms with Gasteiger partial charge in [-0.3, -0.25) is 19.1 Å². The molecule has 262 valence electrons. The number of carbonyl (C=O) groups excluding carboxylic acids is 3. The predicted molar refractivity (Wildman–Crippen MR) is 166 cm³/mol. The first-order valence-electron chi connectivity index (χ1n) is 15.1. The van der Waals surface area contributed by atoms with E-state index in [1.165, 1.54) is 11.6 Å². The fraction of sp³-hybridized carbons (Fsp3) is 0.433. The summed E-state index contributed by atoms with van der Waals surface area (Å²) in [6.07, 6.45) is -2.10. The van der Waals surface area contributed by atoms with Crippen LogP contribution in [0.15, 0.2) is 30.6 Å². The van der Waals surface area contributed by atoms with Gasteiger partial charge in [-0.2, -0.15) is 23.5 Å². The summed E-state index contributed by atoms with van der Waals surface area (Å²) in [7, 11) is 1.40. The molecular weight excluding hydrogens is 653 g/mol. The van der Waals surface area contributed by atoms with Gasteiger partial charge in [0.05, 0.1) is 30.1 Å². The van der Waals surface area contributed by atoms with Crippen LogP contribution in [0.4, 0.5) is 23.7 Å². The topological polar surface area (TPSA) is 211 Å². The van der Waals surface area contributed by atoms with Gasteiger partial charge in [0.2, 0.25) is 0 Å². The molecule has 5 rings (SSSR count). The van der Waals surface area contributed by atoms with E-state index in [1.54, 1.807) is 34.1 Å². The summed E-state index contributed by atoms with van der Waals surface area (Å²) in [5.74, 6) is -1.05. The largest absolute Gasteiger partial charge is 0.483 e. The molecule has 3 aromatic rings. The summed E-state index contributed by atoms with van der Waals surface area (Å²) in [5, 5.41) is 37.8. The molecular formula is C30H35F3N10O6. The van der Waals surface area contributed by atoms with Crippen molar-refractivity contribution in [2.75, 3.05) is 51.1 Å². The van der Waals surface area contributed by atoms with Crippen molar-refractivity contribution >= 4 is 30.0 Å². The second-order valence-electron chi connectivity index (χ2n) is 11.3. The van der Waals surface area contributed by atoms with Crippen LogP contribution in [0, 0.1) is 11.3 Å². The molecule has 4 heterocycles. The smallest absolute Gasteiger partial charge is 0.435 e. The summed E-state index contributed by atoms with van der Waals surface area (Å²) in [6, 6.07) is 6.28. The second kappa shape index (κ2) is 15.2. The van der Waals surface area contributed by atoms with Gasteiger partial charge in [-0.25, -0.2) is 9.78 Å². The van der Waals surface area contributed by atoms with Gasteiger partial charge in [-0.15, -0.1) is 0 Å². The number of piperazine rings is 1. The van der Waals surface area contributed by atoms with Gasteiger partial charge in [0.15, 0.2) is 11.5 Å². The quantitative estimate of drug-likeness (QED) is 0.213. The lowest BCUT2D eigenvalue weighted by Crippen LogP contribution is -2.65. The number of benzene rings is 1. The van der Waals surface area contributed by atoms with Gasteiger partial charge in [-0.05, 0) is 30.2 Å². The molecule has 16 nitrogen and oxygen atoms in total. The normalized spacial score (nSPS) is 15.3. The Morgan fingerprint density at radius 2 is 1.82 bits per heavy atom. The molecule has 5 N–H and O–H groups in total. The van der Waals surface area contributed by atoms with Crippen molar-refractivity contribution in [2.24, 2.45) is 7.05 Å². The first kappa shape index (κ1) is 36.4. The number of urea groups is 1. The monoisotopic (exact) mass is 688 g/mol. The van der Waals surface area contributed by atoms with Crippen LogP contribution in [-0.4, -0.2) is 115 Å². The lowest BCUT2D eigenvalue weighted by Gasteiger charge is -2.39. The molecule has 2 saturated heterocycles. The fourth-order valence-electron chi connectivity index (χ4n) is 5.38. The molecule has 0 unspecified atom stereocenters. The molecule has 0 radical (unpaired) electrons. The zero-order chi connectivity index (χ0) is 35.9. The Morgan fingerprint density at radius 3 is 2.39 bits per heavy atom. The molecule has 0 aliphatic carbocycles. The number of rotatable bonds is 8. The van der Waals surface area contributed by atoms with Gasteiger partial charge in [0, 0.05) is 63.8 Å². The Kier molecular flexibility index (Phi) is 11.3. The summed E-state index contributed by atoms with van der Waals surface area (Å²) in [6.45, 7) is 3.54. The maximum atomic E-state index is 13.7. The van der Waals surface area contributed by atoms with Crippen LogP contribution in [0.3, 0.4) is 0 Å². The number of carboxylic acid groups (broad SMARTS) is 1. The zero-order valence-electron chi connectivity index (χ0n) is 26.6. The van der Waals surface area contributed by atoms with E-state index in [9.17, 15) is 32.7 Å². The minimum Gasteiger partial charge on any atom is -0.483 e. The minimum atomic E-state index is -4.79. The molecule has 1 aromatic carbocycles. The maximum absolute atomic E-state index is 13.7. The standard InChI is InChI=1S/C29H33F3N10O4.CH2O2/c1-3-18-12-19(4-5-20(18)26(44)40-8-10-41(11-9-40)27(45)36-17-28(46)15-34-16-28)37-25(43)24-35-13-22(39(24)2)21-14-42(7-6-33)38-23(21)29(30,31)32;2-1-3/h4-5,12-14,34,46H,3,7-11,15-17H2,1-2H3,(H,36,45)(H,37,43);1H,(H,2,3). The minimum absolute atomic E-state index is 0.0117. The highest BCUT2D eigenvalue weighted by atomic mass is 19.4. The molecule has 0 spiro atoms. The summed E-state index contributed by atoms with van der Waals surface area (Å²) in [5.41, 5.74) is -0.971. The number of hydrogen-bond donors (Lipinski definition) is 5. The maximum Gasteiger partial charge on any atom is 0.435 e. The van der Waals surface area contributed by atoms with E-state index in [4.69, 9.17) is 15.2 Å². The molecule has 19 heteroatoms. The van der Waals surface area contributed by atoms with Gasteiger partial charge < -0.3 is 40.5 Å². The van der Waals surface area contributed by atoms with Crippen molar-refractivity contribution < 1.29 is 42.6 Å². The van der Waals surface area contributed by atoms with E-state index in [-0.39, 0.29) is 48.6 Å². The van der Waals surface area contributed by atoms with E-state index < -0.39 is 23.4 Å². The Hall–Kier alpha value is -5.48. The molecule has 2 fully saturated rings. The van der Waals surface area contributed by atoms with E-state index in [2.05, 4.69) is 26.0 Å². The molecule has 49 heavy (non-hydrogen) atoms. The number of halogens is 3. The van der Waals surface area contributed by atoms with Gasteiger partial charge in [0.25, 0.3) is 18.3 Å². The van der Waals surface area contributed by atoms with Crippen LogP contribution in [0.2, 0.25) is 0 Å². The van der Waals surface area contributed by atoms with Crippen LogP contribution in [0.5, 0.6) is 0 Å². The third-order valence-electron chi connectivity index (χ3n) is 8.04. The number of nitrogens with zero attached hydrogens (tertiary/aromatic N) is 7. The highest BCUT2D eigenvalue weighted by Gasteiger charge is 2.39. The molecule has 2 aliphatic heterocycles. The van der Waals surface area contributed by atoms with E-state index >= 15 is 0 Å². The number of hydrogen-bond acceptors (Lipinski definition) is 9. The third-order valence-corrected chi connectivity index (χ3v) is 8.04. The van der Waals surface area contributed by atoms with Crippen molar-refractivity contribution in [1.29, 1.82) is 5.26 Å². The zero-order valence-corrected chi connectivity index (χ0v) is 26.6. The van der Waals surface area contributed by atoms with Gasteiger partial charge in [-0.1, -0.05) is 6.92 Å². The number of nitriles is 1. The number of aromatic nitrogens is 4. The van der Waals surface area contributed by atoms with Crippen LogP contribution >= 0.6 is 0 Å². The van der Waals surface area contributed by atoms with Crippen molar-refractivity contribution in [3.63, 3.8) is 0 Å². The predicted octanol–water partition coefficient (Wildman–Crippen LogP) is 1.14. The van der Waals surface area contributed by atoms with Crippen LogP contribution in [0.25, 0.3) is 11.3 Å². The Balaban J connectivity index is 0.00000174. The molecule has 0 bridgehead atoms. The number of carbonyl (C=O) groups is 4. The van der Waals surface area contributed by atoms with Crippen molar-refractivity contribution in [2.45, 2.75) is 31.7 Å². The average Bonchev–Trinajstić information content (AvgIpc) is 3.66. The number of aliphatic hydroxyl groups is 1. The second-order valence-corrected chi connectivity index (χ2v) is 11.3. The molecule has 0 atom stereocenters. The van der Waals surface area contributed by atoms with Crippen LogP contribution in [0.1, 0.15) is 39.2 Å². The Bertz CT molecular complexity index is 1740. The third kappa shape index (κ3) is 8.33. The number of β-amino-alcohol motifs (C(OH)–C–C–N with tert-alkyl or cyclic N) is 1. The Morgan fingerprint density at radius 1 is 1.16 bits per heavy atom. The highest BCUT2D eigenvalue weighted by molar-refractivity contribution is 6.03. The number of aryl methyl sites for hydroxylation is 1. The molecule has 4 amide bonds. The first-order chi connectivity index (χ1) is 23.2. The summed E-state index contributed by atoms with van der Waals surface area (Å²) in [4.78, 5) is 54.7. The molecule has 0 saturated carbocycles. The first-order valence-corrected chi connectivity index (χ1v) is 15.1. The van der Waals surface area contributed by atoms with Gasteiger partial charge >= 0.3 is 12.2 Å². The summed E-state index contributed by atoms with van der Waals surface area (Å²) < 4.78 is 43.1. The lowest BCUT2D eigenvalue weighted by molar-refractivity contribution is -0.141. The van der Waals surface area contributed by atoms with Crippen molar-refractivity contribution in [1.82, 2.24) is 39.8 Å². The summed E-state index contributed by atoms with van der Waals surface area (Å²) >= 11 is 0. The fourth-order valence-corrected chi connectivity index (χ4v) is 5.38. The van der Waals surface area contributed by atoms with Gasteiger partial charge in [0.1, 0.15) is 12.1 Å². The van der Waals surface area contributed by atoms with E-state index in [0.29, 0.717) is 62.5 Å². The number of amides is 4. The molecule has 2 aromatic heterocycles. The van der Waals surface area contributed by atoms with Crippen molar-refractivity contribution in [3.05, 3.63) is 53.2 Å². The van der Waals surface area contributed by atoms with Crippen LogP contribution < -0.4 is 16.0 Å². The molecule has 2 aliphatic rings.